The molecule has 0 spiro atoms. The number of aromatic hydroxyl groups is 1. The number of nitrogens with zero attached hydrogens (tertiary/aromatic N) is 1. The summed E-state index contributed by atoms with van der Waals surface area (Å²) in [4.78, 5) is 14.8. The highest BCUT2D eigenvalue weighted by Gasteiger charge is 2.24. The molecule has 2 heterocycles. The summed E-state index contributed by atoms with van der Waals surface area (Å²) in [6.07, 6.45) is 4.16. The molecule has 7 nitrogen and oxygen atoms in total. The van der Waals surface area contributed by atoms with Gasteiger partial charge in [-0.3, -0.25) is 0 Å². The molecule has 166 valence electrons. The highest BCUT2D eigenvalue weighted by molar-refractivity contribution is 5.89. The van der Waals surface area contributed by atoms with Crippen molar-refractivity contribution in [2.24, 2.45) is 0 Å². The zero-order valence-electron chi connectivity index (χ0n) is 17.7. The molecule has 0 saturated carbocycles. The molecule has 2 N–H and O–H groups in total. The summed E-state index contributed by atoms with van der Waals surface area (Å²) >= 11 is 0. The van der Waals surface area contributed by atoms with Crippen molar-refractivity contribution in [2.45, 2.75) is 44.4 Å². The number of urea groups is 1. The van der Waals surface area contributed by atoms with Crippen LogP contribution in [-0.4, -0.2) is 54.6 Å². The Kier molecular flexibility index (Phi) is 7.27. The van der Waals surface area contributed by atoms with E-state index in [1.807, 2.05) is 36.4 Å². The van der Waals surface area contributed by atoms with Gasteiger partial charge >= 0.3 is 6.03 Å². The number of hydrogen-bond donors (Lipinski definition) is 2. The average molecular weight is 427 g/mol. The van der Waals surface area contributed by atoms with Crippen LogP contribution in [0.5, 0.6) is 11.5 Å². The van der Waals surface area contributed by atoms with E-state index in [0.717, 1.165) is 38.9 Å². The number of phenols is 1. The standard InChI is InChI=1S/C24H30N2O5/c27-23-11-2-1-6-18(23)15-26(16-21-9-4-12-29-21)24(28)25-19-7-3-8-20(14-19)31-17-22-10-5-13-30-22/h1-3,6-8,11,14,21-22,27H,4-5,9-10,12-13,15-17H2,(H,25,28)/t21-,22+/m0/s1. The summed E-state index contributed by atoms with van der Waals surface area (Å²) < 4.78 is 17.2. The molecule has 2 aromatic carbocycles. The van der Waals surface area contributed by atoms with Gasteiger partial charge < -0.3 is 29.5 Å². The van der Waals surface area contributed by atoms with E-state index in [1.165, 1.54) is 0 Å². The van der Waals surface area contributed by atoms with E-state index in [1.54, 1.807) is 17.0 Å². The lowest BCUT2D eigenvalue weighted by Gasteiger charge is -2.26. The molecule has 7 heteroatoms. The third-order valence-corrected chi connectivity index (χ3v) is 5.63. The van der Waals surface area contributed by atoms with Gasteiger partial charge in [0.15, 0.2) is 0 Å². The van der Waals surface area contributed by atoms with Crippen molar-refractivity contribution >= 4 is 11.7 Å². The maximum absolute atomic E-state index is 13.1. The lowest BCUT2D eigenvalue weighted by atomic mass is 10.1. The Morgan fingerprint density at radius 3 is 2.58 bits per heavy atom. The fraction of sp³-hybridized carbons (Fsp3) is 0.458. The average Bonchev–Trinajstić information content (AvgIpc) is 3.48. The predicted octanol–water partition coefficient (Wildman–Crippen LogP) is 4.16. The molecule has 2 aromatic rings. The lowest BCUT2D eigenvalue weighted by molar-refractivity contribution is 0.0680. The first kappa shape index (κ1) is 21.5. The van der Waals surface area contributed by atoms with E-state index in [9.17, 15) is 9.90 Å². The van der Waals surface area contributed by atoms with Gasteiger partial charge in [-0.15, -0.1) is 0 Å². The monoisotopic (exact) mass is 426 g/mol. The molecule has 0 unspecified atom stereocenters. The quantitative estimate of drug-likeness (QED) is 0.662. The second-order valence-corrected chi connectivity index (χ2v) is 8.05. The first-order chi connectivity index (χ1) is 15.2. The maximum atomic E-state index is 13.1. The van der Waals surface area contributed by atoms with Gasteiger partial charge in [0.1, 0.15) is 18.1 Å². The topological polar surface area (TPSA) is 80.3 Å². The van der Waals surface area contributed by atoms with Gasteiger partial charge in [-0.05, 0) is 43.9 Å². The van der Waals surface area contributed by atoms with Gasteiger partial charge in [-0.25, -0.2) is 4.79 Å². The van der Waals surface area contributed by atoms with E-state index >= 15 is 0 Å². The van der Waals surface area contributed by atoms with Crippen LogP contribution in [0.1, 0.15) is 31.2 Å². The zero-order valence-corrected chi connectivity index (χ0v) is 17.7. The minimum absolute atomic E-state index is 0.0117. The van der Waals surface area contributed by atoms with E-state index < -0.39 is 0 Å². The van der Waals surface area contributed by atoms with Crippen molar-refractivity contribution in [3.8, 4) is 11.5 Å². The van der Waals surface area contributed by atoms with Gasteiger partial charge in [0.2, 0.25) is 0 Å². The van der Waals surface area contributed by atoms with E-state index in [0.29, 0.717) is 36.7 Å². The van der Waals surface area contributed by atoms with Gasteiger partial charge in [-0.1, -0.05) is 24.3 Å². The van der Waals surface area contributed by atoms with E-state index in [-0.39, 0.29) is 24.0 Å². The van der Waals surface area contributed by atoms with Crippen LogP contribution in [0.15, 0.2) is 48.5 Å². The first-order valence-corrected chi connectivity index (χ1v) is 11.0. The molecule has 2 aliphatic rings. The summed E-state index contributed by atoms with van der Waals surface area (Å²) in [5, 5.41) is 13.1. The summed E-state index contributed by atoms with van der Waals surface area (Å²) in [5.41, 5.74) is 1.36. The summed E-state index contributed by atoms with van der Waals surface area (Å²) in [7, 11) is 0. The largest absolute Gasteiger partial charge is 0.508 e. The molecule has 0 bridgehead atoms. The molecule has 2 fully saturated rings. The number of benzene rings is 2. The van der Waals surface area contributed by atoms with Crippen LogP contribution >= 0.6 is 0 Å². The number of carbonyl (C=O) groups is 1. The van der Waals surface area contributed by atoms with Crippen LogP contribution in [0, 0.1) is 0 Å². The number of ether oxygens (including phenoxy) is 3. The molecule has 0 aromatic heterocycles. The number of para-hydroxylation sites is 1. The first-order valence-electron chi connectivity index (χ1n) is 11.0. The van der Waals surface area contributed by atoms with E-state index in [4.69, 9.17) is 14.2 Å². The van der Waals surface area contributed by atoms with Crippen LogP contribution in [-0.2, 0) is 16.0 Å². The Bertz CT molecular complexity index is 863. The van der Waals surface area contributed by atoms with Gasteiger partial charge in [0.05, 0.1) is 18.8 Å². The molecule has 0 aliphatic carbocycles. The number of anilines is 1. The molecule has 2 aliphatic heterocycles. The van der Waals surface area contributed by atoms with Crippen LogP contribution in [0.3, 0.4) is 0 Å². The van der Waals surface area contributed by atoms with Gasteiger partial charge in [0, 0.05) is 37.1 Å². The van der Waals surface area contributed by atoms with Gasteiger partial charge in [0.25, 0.3) is 0 Å². The minimum atomic E-state index is -0.241. The number of phenolic OH excluding ortho intramolecular Hbond substituents is 1. The maximum Gasteiger partial charge on any atom is 0.322 e. The smallest absolute Gasteiger partial charge is 0.322 e. The Morgan fingerprint density at radius 2 is 1.84 bits per heavy atom. The predicted molar refractivity (Wildman–Crippen MR) is 117 cm³/mol. The van der Waals surface area contributed by atoms with Crippen LogP contribution in [0.25, 0.3) is 0 Å². The van der Waals surface area contributed by atoms with Crippen LogP contribution < -0.4 is 10.1 Å². The molecule has 31 heavy (non-hydrogen) atoms. The summed E-state index contributed by atoms with van der Waals surface area (Å²) in [6.45, 7) is 2.79. The van der Waals surface area contributed by atoms with Crippen LogP contribution in [0.2, 0.25) is 0 Å². The molecular weight excluding hydrogens is 396 g/mol. The molecule has 2 amide bonds. The second-order valence-electron chi connectivity index (χ2n) is 8.05. The third-order valence-electron chi connectivity index (χ3n) is 5.63. The lowest BCUT2D eigenvalue weighted by Crippen LogP contribution is -2.39. The SMILES string of the molecule is O=C(Nc1cccc(OC[C@H]2CCCO2)c1)N(Cc1ccccc1O)C[C@@H]1CCCO1. The summed E-state index contributed by atoms with van der Waals surface area (Å²) in [5.74, 6) is 0.872. The minimum Gasteiger partial charge on any atom is -0.508 e. The van der Waals surface area contributed by atoms with Crippen LogP contribution in [0.4, 0.5) is 10.5 Å². The highest BCUT2D eigenvalue weighted by Crippen LogP contribution is 2.23. The number of nitrogens with one attached hydrogen (secondary N) is 1. The Balaban J connectivity index is 1.41. The zero-order chi connectivity index (χ0) is 21.5. The van der Waals surface area contributed by atoms with Crippen molar-refractivity contribution in [3.05, 3.63) is 54.1 Å². The van der Waals surface area contributed by atoms with E-state index in [2.05, 4.69) is 5.32 Å². The Morgan fingerprint density at radius 1 is 1.06 bits per heavy atom. The molecule has 2 saturated heterocycles. The summed E-state index contributed by atoms with van der Waals surface area (Å²) in [6, 6.07) is 14.2. The molecule has 4 rings (SSSR count). The number of carbonyl (C=O) groups excluding carboxylic acids is 1. The van der Waals surface area contributed by atoms with Crippen molar-refractivity contribution in [3.63, 3.8) is 0 Å². The Labute approximate surface area is 182 Å². The number of hydrogen-bond acceptors (Lipinski definition) is 5. The fourth-order valence-corrected chi connectivity index (χ4v) is 3.93. The highest BCUT2D eigenvalue weighted by atomic mass is 16.5. The fourth-order valence-electron chi connectivity index (χ4n) is 3.93. The number of rotatable bonds is 8. The normalized spacial score (nSPS) is 20.5. The molecule has 0 radical (unpaired) electrons. The second kappa shape index (κ2) is 10.5. The number of amides is 2. The van der Waals surface area contributed by atoms with Crippen molar-refractivity contribution in [1.82, 2.24) is 4.90 Å². The molecule has 2 atom stereocenters. The van der Waals surface area contributed by atoms with Crippen molar-refractivity contribution in [1.29, 1.82) is 0 Å². The third kappa shape index (κ3) is 6.12. The Hall–Kier alpha value is -2.77. The van der Waals surface area contributed by atoms with Gasteiger partial charge in [-0.2, -0.15) is 0 Å². The van der Waals surface area contributed by atoms with Crippen molar-refractivity contribution < 1.29 is 24.1 Å². The van der Waals surface area contributed by atoms with Crippen molar-refractivity contribution in [2.75, 3.05) is 31.7 Å². The molecular formula is C24H30N2O5.